The lowest BCUT2D eigenvalue weighted by Gasteiger charge is -2.17. The number of carbonyl (C=O) groups is 1. The van der Waals surface area contributed by atoms with Gasteiger partial charge in [0, 0.05) is 17.5 Å². The number of rotatable bonds is 7. The predicted molar refractivity (Wildman–Crippen MR) is 85.3 cm³/mol. The standard InChI is InChI=1S/C14H22N2OS.ClH/c1-3-4-7-11(10-15)16-14(17)12-8-5-6-9-13(12)18-2;/h5-6,8-9,11H,3-4,7,10,15H2,1-2H3,(H,16,17);1H. The van der Waals surface area contributed by atoms with Crippen molar-refractivity contribution in [3.05, 3.63) is 29.8 Å². The Bertz CT molecular complexity index is 387. The van der Waals surface area contributed by atoms with Crippen molar-refractivity contribution < 1.29 is 4.79 Å². The number of amides is 1. The molecular weight excluding hydrogens is 280 g/mol. The molecular formula is C14H23ClN2OS. The number of nitrogens with one attached hydrogen (secondary N) is 1. The zero-order chi connectivity index (χ0) is 13.4. The fraction of sp³-hybridized carbons (Fsp3) is 0.500. The number of unbranched alkanes of at least 4 members (excludes halogenated alkanes) is 1. The molecule has 1 rings (SSSR count). The molecule has 0 aliphatic heterocycles. The summed E-state index contributed by atoms with van der Waals surface area (Å²) in [5.74, 6) is -0.0218. The van der Waals surface area contributed by atoms with Gasteiger partial charge in [-0.3, -0.25) is 4.79 Å². The van der Waals surface area contributed by atoms with Crippen LogP contribution >= 0.6 is 24.2 Å². The van der Waals surface area contributed by atoms with E-state index in [1.165, 1.54) is 0 Å². The molecule has 1 atom stereocenters. The van der Waals surface area contributed by atoms with Gasteiger partial charge in [-0.2, -0.15) is 0 Å². The van der Waals surface area contributed by atoms with Gasteiger partial charge >= 0.3 is 0 Å². The van der Waals surface area contributed by atoms with Crippen LogP contribution in [-0.4, -0.2) is 24.7 Å². The molecule has 0 bridgehead atoms. The molecule has 1 aromatic carbocycles. The first-order valence-electron chi connectivity index (χ1n) is 6.36. The van der Waals surface area contributed by atoms with Gasteiger partial charge in [-0.15, -0.1) is 24.2 Å². The maximum atomic E-state index is 12.2. The molecule has 1 unspecified atom stereocenters. The van der Waals surface area contributed by atoms with E-state index in [1.807, 2.05) is 30.5 Å². The minimum absolute atomic E-state index is 0. The van der Waals surface area contributed by atoms with Gasteiger partial charge < -0.3 is 11.1 Å². The Balaban J connectivity index is 0.00000324. The van der Waals surface area contributed by atoms with Crippen LogP contribution in [0.5, 0.6) is 0 Å². The van der Waals surface area contributed by atoms with Crippen LogP contribution in [0, 0.1) is 0 Å². The van der Waals surface area contributed by atoms with E-state index in [0.29, 0.717) is 6.54 Å². The number of hydrogen-bond donors (Lipinski definition) is 2. The summed E-state index contributed by atoms with van der Waals surface area (Å²) in [6, 6.07) is 7.72. The number of hydrogen-bond acceptors (Lipinski definition) is 3. The molecule has 0 heterocycles. The summed E-state index contributed by atoms with van der Waals surface area (Å²) in [6.45, 7) is 2.63. The normalized spacial score (nSPS) is 11.5. The van der Waals surface area contributed by atoms with Crippen molar-refractivity contribution in [3.63, 3.8) is 0 Å². The van der Waals surface area contributed by atoms with Crippen LogP contribution in [0.3, 0.4) is 0 Å². The van der Waals surface area contributed by atoms with E-state index in [0.717, 1.165) is 29.7 Å². The van der Waals surface area contributed by atoms with Crippen LogP contribution in [0.2, 0.25) is 0 Å². The highest BCUT2D eigenvalue weighted by Gasteiger charge is 2.14. The minimum atomic E-state index is -0.0218. The molecule has 0 aliphatic rings. The van der Waals surface area contributed by atoms with Crippen molar-refractivity contribution in [3.8, 4) is 0 Å². The zero-order valence-electron chi connectivity index (χ0n) is 11.5. The van der Waals surface area contributed by atoms with Crippen molar-refractivity contribution in [2.75, 3.05) is 12.8 Å². The lowest BCUT2D eigenvalue weighted by Crippen LogP contribution is -2.40. The SMILES string of the molecule is CCCCC(CN)NC(=O)c1ccccc1SC.Cl. The summed E-state index contributed by atoms with van der Waals surface area (Å²) < 4.78 is 0. The first kappa shape index (κ1) is 18.3. The predicted octanol–water partition coefficient (Wildman–Crippen LogP) is 3.08. The lowest BCUT2D eigenvalue weighted by molar-refractivity contribution is 0.0933. The van der Waals surface area contributed by atoms with E-state index in [4.69, 9.17) is 5.73 Å². The smallest absolute Gasteiger partial charge is 0.252 e. The van der Waals surface area contributed by atoms with Crippen LogP contribution in [0.4, 0.5) is 0 Å². The molecule has 0 saturated carbocycles. The van der Waals surface area contributed by atoms with Gasteiger partial charge in [0.2, 0.25) is 0 Å². The average molecular weight is 303 g/mol. The Labute approximate surface area is 126 Å². The molecule has 0 aliphatic carbocycles. The van der Waals surface area contributed by atoms with E-state index in [-0.39, 0.29) is 24.4 Å². The summed E-state index contributed by atoms with van der Waals surface area (Å²) in [7, 11) is 0. The molecule has 3 N–H and O–H groups in total. The number of benzene rings is 1. The van der Waals surface area contributed by atoms with E-state index < -0.39 is 0 Å². The quantitative estimate of drug-likeness (QED) is 0.761. The van der Waals surface area contributed by atoms with Crippen LogP contribution in [0.15, 0.2) is 29.2 Å². The minimum Gasteiger partial charge on any atom is -0.348 e. The van der Waals surface area contributed by atoms with Crippen molar-refractivity contribution in [1.82, 2.24) is 5.32 Å². The summed E-state index contributed by atoms with van der Waals surface area (Å²) in [5.41, 5.74) is 6.43. The maximum absolute atomic E-state index is 12.2. The zero-order valence-corrected chi connectivity index (χ0v) is 13.2. The Hall–Kier alpha value is -0.710. The van der Waals surface area contributed by atoms with Crippen molar-refractivity contribution in [2.45, 2.75) is 37.1 Å². The van der Waals surface area contributed by atoms with Gasteiger partial charge in [0.1, 0.15) is 0 Å². The van der Waals surface area contributed by atoms with Crippen molar-refractivity contribution in [2.24, 2.45) is 5.73 Å². The summed E-state index contributed by atoms with van der Waals surface area (Å²) in [5, 5.41) is 3.02. The highest BCUT2D eigenvalue weighted by atomic mass is 35.5. The lowest BCUT2D eigenvalue weighted by atomic mass is 10.1. The molecule has 0 radical (unpaired) electrons. The van der Waals surface area contributed by atoms with Gasteiger partial charge in [0.25, 0.3) is 5.91 Å². The van der Waals surface area contributed by atoms with Gasteiger partial charge in [-0.25, -0.2) is 0 Å². The van der Waals surface area contributed by atoms with Crippen molar-refractivity contribution >= 4 is 30.1 Å². The van der Waals surface area contributed by atoms with Crippen LogP contribution < -0.4 is 11.1 Å². The van der Waals surface area contributed by atoms with Crippen molar-refractivity contribution in [1.29, 1.82) is 0 Å². The highest BCUT2D eigenvalue weighted by Crippen LogP contribution is 2.19. The Kier molecular flexibility index (Phi) is 9.74. The monoisotopic (exact) mass is 302 g/mol. The van der Waals surface area contributed by atoms with Gasteiger partial charge in [-0.05, 0) is 24.8 Å². The Morgan fingerprint density at radius 1 is 1.42 bits per heavy atom. The molecule has 1 aromatic rings. The Morgan fingerprint density at radius 2 is 2.11 bits per heavy atom. The second-order valence-corrected chi connectivity index (χ2v) is 5.10. The molecule has 1 amide bonds. The second-order valence-electron chi connectivity index (χ2n) is 4.25. The molecule has 19 heavy (non-hydrogen) atoms. The molecule has 5 heteroatoms. The van der Waals surface area contributed by atoms with E-state index in [2.05, 4.69) is 12.2 Å². The molecule has 0 saturated heterocycles. The fourth-order valence-electron chi connectivity index (χ4n) is 1.79. The summed E-state index contributed by atoms with van der Waals surface area (Å²) >= 11 is 1.58. The molecule has 0 fully saturated rings. The van der Waals surface area contributed by atoms with Gasteiger partial charge in [0.05, 0.1) is 5.56 Å². The largest absolute Gasteiger partial charge is 0.348 e. The Morgan fingerprint density at radius 3 is 2.68 bits per heavy atom. The van der Waals surface area contributed by atoms with Crippen LogP contribution in [-0.2, 0) is 0 Å². The van der Waals surface area contributed by atoms with Crippen LogP contribution in [0.1, 0.15) is 36.5 Å². The molecule has 3 nitrogen and oxygen atoms in total. The first-order valence-corrected chi connectivity index (χ1v) is 7.59. The van der Waals surface area contributed by atoms with Crippen LogP contribution in [0.25, 0.3) is 0 Å². The third-order valence-electron chi connectivity index (χ3n) is 2.88. The topological polar surface area (TPSA) is 55.1 Å². The third-order valence-corrected chi connectivity index (χ3v) is 3.67. The van der Waals surface area contributed by atoms with Gasteiger partial charge in [0.15, 0.2) is 0 Å². The first-order chi connectivity index (χ1) is 8.72. The maximum Gasteiger partial charge on any atom is 0.252 e. The number of carbonyl (C=O) groups excluding carboxylic acids is 1. The molecule has 0 spiro atoms. The summed E-state index contributed by atoms with van der Waals surface area (Å²) in [6.07, 6.45) is 5.13. The second kappa shape index (κ2) is 10.1. The third kappa shape index (κ3) is 5.85. The fourth-order valence-corrected chi connectivity index (χ4v) is 2.39. The average Bonchev–Trinajstić information content (AvgIpc) is 2.43. The highest BCUT2D eigenvalue weighted by molar-refractivity contribution is 7.98. The van der Waals surface area contributed by atoms with E-state index >= 15 is 0 Å². The summed E-state index contributed by atoms with van der Waals surface area (Å²) in [4.78, 5) is 13.2. The van der Waals surface area contributed by atoms with E-state index in [1.54, 1.807) is 11.8 Å². The molecule has 0 aromatic heterocycles. The number of thioether (sulfide) groups is 1. The number of nitrogens with two attached hydrogens (primary N) is 1. The molecule has 108 valence electrons. The van der Waals surface area contributed by atoms with Gasteiger partial charge in [-0.1, -0.05) is 31.9 Å². The van der Waals surface area contributed by atoms with E-state index in [9.17, 15) is 4.79 Å². The number of halogens is 1.